The lowest BCUT2D eigenvalue weighted by Gasteiger charge is -2.15. The van der Waals surface area contributed by atoms with Crippen LogP contribution in [0.3, 0.4) is 0 Å². The summed E-state index contributed by atoms with van der Waals surface area (Å²) < 4.78 is 0. The quantitative estimate of drug-likeness (QED) is 0.410. The molecule has 0 spiro atoms. The van der Waals surface area contributed by atoms with Gasteiger partial charge in [-0.2, -0.15) is 0 Å². The Bertz CT molecular complexity index is 1200. The highest BCUT2D eigenvalue weighted by Gasteiger charge is 2.33. The number of carbonyl (C=O) groups excluding carboxylic acids is 3. The number of hydrogen-bond donors (Lipinski definition) is 0. The first-order valence-corrected chi connectivity index (χ1v) is 8.38. The van der Waals surface area contributed by atoms with Crippen LogP contribution in [0.5, 0.6) is 0 Å². The maximum Gasteiger partial charge on any atom is 0.364 e. The molecule has 5 nitrogen and oxygen atoms in total. The molecule has 4 aromatic rings. The Morgan fingerprint density at radius 3 is 2.04 bits per heavy atom. The standard InChI is InChI=1S/C21H13NO4/c23-17-10-11-18(24)22(17)26-21(25)16-9-7-14-5-4-12-2-1-3-13-6-8-15(16)20(14)19(12)13/h1-9H,10-11H2. The van der Waals surface area contributed by atoms with Gasteiger partial charge in [0.1, 0.15) is 0 Å². The summed E-state index contributed by atoms with van der Waals surface area (Å²) in [5.41, 5.74) is 0.336. The van der Waals surface area contributed by atoms with Crippen molar-refractivity contribution in [2.45, 2.75) is 12.8 Å². The van der Waals surface area contributed by atoms with Gasteiger partial charge in [0.2, 0.25) is 0 Å². The van der Waals surface area contributed by atoms with Crippen LogP contribution in [0.1, 0.15) is 23.2 Å². The summed E-state index contributed by atoms with van der Waals surface area (Å²) in [7, 11) is 0. The van der Waals surface area contributed by atoms with Crippen LogP contribution in [0.25, 0.3) is 32.3 Å². The van der Waals surface area contributed by atoms with Gasteiger partial charge in [-0.25, -0.2) is 4.79 Å². The van der Waals surface area contributed by atoms with Gasteiger partial charge in [0.05, 0.1) is 5.56 Å². The molecule has 0 radical (unpaired) electrons. The van der Waals surface area contributed by atoms with Crippen molar-refractivity contribution in [3.05, 3.63) is 60.2 Å². The highest BCUT2D eigenvalue weighted by Crippen LogP contribution is 2.36. The molecule has 4 aromatic carbocycles. The third-order valence-corrected chi connectivity index (χ3v) is 4.93. The van der Waals surface area contributed by atoms with Crippen molar-refractivity contribution in [1.29, 1.82) is 0 Å². The summed E-state index contributed by atoms with van der Waals surface area (Å²) in [6, 6.07) is 17.5. The van der Waals surface area contributed by atoms with E-state index in [0.29, 0.717) is 10.6 Å². The first-order chi connectivity index (χ1) is 12.6. The number of hydroxylamine groups is 2. The molecule has 1 heterocycles. The van der Waals surface area contributed by atoms with Crippen LogP contribution in [-0.2, 0) is 14.4 Å². The van der Waals surface area contributed by atoms with Crippen molar-refractivity contribution in [1.82, 2.24) is 5.06 Å². The minimum Gasteiger partial charge on any atom is -0.325 e. The number of carbonyl (C=O) groups is 3. The molecule has 26 heavy (non-hydrogen) atoms. The van der Waals surface area contributed by atoms with Gasteiger partial charge in [-0.15, -0.1) is 5.06 Å². The molecule has 0 unspecified atom stereocenters. The molecule has 5 heteroatoms. The second-order valence-electron chi connectivity index (χ2n) is 6.43. The van der Waals surface area contributed by atoms with Crippen LogP contribution < -0.4 is 0 Å². The molecule has 1 aliphatic heterocycles. The predicted molar refractivity (Wildman–Crippen MR) is 96.6 cm³/mol. The third kappa shape index (κ3) is 2.00. The fourth-order valence-electron chi connectivity index (χ4n) is 3.70. The highest BCUT2D eigenvalue weighted by atomic mass is 16.7. The Kier molecular flexibility index (Phi) is 3.00. The summed E-state index contributed by atoms with van der Waals surface area (Å²) in [6.07, 6.45) is 0.148. The van der Waals surface area contributed by atoms with Crippen molar-refractivity contribution < 1.29 is 19.2 Å². The van der Waals surface area contributed by atoms with Crippen LogP contribution in [0.4, 0.5) is 0 Å². The van der Waals surface area contributed by atoms with Crippen molar-refractivity contribution in [2.75, 3.05) is 0 Å². The van der Waals surface area contributed by atoms with E-state index in [-0.39, 0.29) is 12.8 Å². The normalized spacial score (nSPS) is 14.8. The Hall–Kier alpha value is -3.47. The molecule has 0 saturated carbocycles. The van der Waals surface area contributed by atoms with E-state index in [0.717, 1.165) is 32.3 Å². The fraction of sp³-hybridized carbons (Fsp3) is 0.0952. The lowest BCUT2D eigenvalue weighted by Crippen LogP contribution is -2.32. The van der Waals surface area contributed by atoms with Gasteiger partial charge >= 0.3 is 5.97 Å². The first-order valence-electron chi connectivity index (χ1n) is 8.38. The van der Waals surface area contributed by atoms with Gasteiger partial charge in [0.15, 0.2) is 0 Å². The zero-order chi connectivity index (χ0) is 17.8. The lowest BCUT2D eigenvalue weighted by molar-refractivity contribution is -0.172. The molecule has 0 bridgehead atoms. The average Bonchev–Trinajstić information content (AvgIpc) is 2.98. The van der Waals surface area contributed by atoms with E-state index in [9.17, 15) is 14.4 Å². The molecule has 2 amide bonds. The van der Waals surface area contributed by atoms with Gasteiger partial charge in [0.25, 0.3) is 11.8 Å². The van der Waals surface area contributed by atoms with Crippen molar-refractivity contribution >= 4 is 50.1 Å². The van der Waals surface area contributed by atoms with E-state index in [2.05, 4.69) is 6.07 Å². The Balaban J connectivity index is 1.69. The predicted octanol–water partition coefficient (Wildman–Crippen LogP) is 3.80. The Morgan fingerprint density at radius 1 is 0.769 bits per heavy atom. The smallest absolute Gasteiger partial charge is 0.325 e. The number of rotatable bonds is 2. The number of nitrogens with zero attached hydrogens (tertiary/aromatic N) is 1. The zero-order valence-electron chi connectivity index (χ0n) is 13.7. The van der Waals surface area contributed by atoms with Crippen LogP contribution in [-0.4, -0.2) is 22.8 Å². The van der Waals surface area contributed by atoms with Gasteiger partial charge in [-0.05, 0) is 38.4 Å². The van der Waals surface area contributed by atoms with Crippen LogP contribution >= 0.6 is 0 Å². The monoisotopic (exact) mass is 343 g/mol. The zero-order valence-corrected chi connectivity index (χ0v) is 13.7. The van der Waals surface area contributed by atoms with E-state index >= 15 is 0 Å². The Labute approximate surface area is 148 Å². The number of benzene rings is 4. The van der Waals surface area contributed by atoms with Crippen LogP contribution in [0.2, 0.25) is 0 Å². The average molecular weight is 343 g/mol. The van der Waals surface area contributed by atoms with Crippen LogP contribution in [0, 0.1) is 0 Å². The lowest BCUT2D eigenvalue weighted by atomic mass is 9.92. The van der Waals surface area contributed by atoms with E-state index in [1.54, 1.807) is 6.07 Å². The highest BCUT2D eigenvalue weighted by molar-refractivity contribution is 6.26. The summed E-state index contributed by atoms with van der Waals surface area (Å²) in [5, 5.41) is 6.61. The summed E-state index contributed by atoms with van der Waals surface area (Å²) >= 11 is 0. The van der Waals surface area contributed by atoms with E-state index in [1.807, 2.05) is 42.5 Å². The summed E-state index contributed by atoms with van der Waals surface area (Å²) in [6.45, 7) is 0. The molecule has 1 aliphatic rings. The van der Waals surface area contributed by atoms with E-state index in [1.165, 1.54) is 0 Å². The molecule has 0 atom stereocenters. The fourth-order valence-corrected chi connectivity index (χ4v) is 3.70. The largest absolute Gasteiger partial charge is 0.364 e. The minimum atomic E-state index is -0.702. The number of hydrogen-bond acceptors (Lipinski definition) is 4. The third-order valence-electron chi connectivity index (χ3n) is 4.93. The molecule has 0 N–H and O–H groups in total. The number of amides is 2. The summed E-state index contributed by atoms with van der Waals surface area (Å²) in [5.74, 6) is -1.67. The summed E-state index contributed by atoms with van der Waals surface area (Å²) in [4.78, 5) is 41.2. The maximum absolute atomic E-state index is 12.7. The molecule has 0 aliphatic carbocycles. The molecule has 1 saturated heterocycles. The van der Waals surface area contributed by atoms with Gasteiger partial charge in [0, 0.05) is 12.8 Å². The van der Waals surface area contributed by atoms with Crippen molar-refractivity contribution in [2.24, 2.45) is 0 Å². The molecule has 5 rings (SSSR count). The van der Waals surface area contributed by atoms with Gasteiger partial charge < -0.3 is 4.84 Å². The maximum atomic E-state index is 12.7. The second kappa shape index (κ2) is 5.26. The van der Waals surface area contributed by atoms with Gasteiger partial charge in [-0.3, -0.25) is 9.59 Å². The molecule has 0 aromatic heterocycles. The molecule has 126 valence electrons. The van der Waals surface area contributed by atoms with E-state index < -0.39 is 17.8 Å². The second-order valence-corrected chi connectivity index (χ2v) is 6.43. The molecular formula is C21H13NO4. The van der Waals surface area contributed by atoms with Crippen LogP contribution in [0.15, 0.2) is 54.6 Å². The minimum absolute atomic E-state index is 0.0740. The van der Waals surface area contributed by atoms with Crippen molar-refractivity contribution in [3.8, 4) is 0 Å². The van der Waals surface area contributed by atoms with Crippen molar-refractivity contribution in [3.63, 3.8) is 0 Å². The van der Waals surface area contributed by atoms with Gasteiger partial charge in [-0.1, -0.05) is 48.5 Å². The SMILES string of the molecule is O=C(ON1C(=O)CCC1=O)c1ccc2ccc3cccc4ccc1c2c34. The Morgan fingerprint density at radius 2 is 1.35 bits per heavy atom. The topological polar surface area (TPSA) is 63.7 Å². The first kappa shape index (κ1) is 14.8. The molecular weight excluding hydrogens is 330 g/mol. The number of imide groups is 1. The molecule has 1 fully saturated rings. The van der Waals surface area contributed by atoms with E-state index in [4.69, 9.17) is 4.84 Å².